The zero-order valence-corrected chi connectivity index (χ0v) is 12.9. The lowest BCUT2D eigenvalue weighted by Crippen LogP contribution is -2.45. The van der Waals surface area contributed by atoms with Crippen LogP contribution in [0.5, 0.6) is 0 Å². The lowest BCUT2D eigenvalue weighted by Gasteiger charge is -2.32. The Balaban J connectivity index is 1.45. The van der Waals surface area contributed by atoms with Gasteiger partial charge in [0.25, 0.3) is 0 Å². The summed E-state index contributed by atoms with van der Waals surface area (Å²) in [6.07, 6.45) is 10.1. The van der Waals surface area contributed by atoms with Crippen molar-refractivity contribution < 1.29 is 0 Å². The van der Waals surface area contributed by atoms with Gasteiger partial charge in [-0.1, -0.05) is 25.7 Å². The largest absolute Gasteiger partial charge is 0.316 e. The Kier molecular flexibility index (Phi) is 7.18. The standard InChI is InChI=1S/C16H33N3/c1-18-11-13-19(14-12-18)10-6-9-17-15-16-7-4-2-3-5-8-16/h16-17H,2-15H2,1H3. The molecule has 2 aliphatic rings. The van der Waals surface area contributed by atoms with Gasteiger partial charge < -0.3 is 15.1 Å². The minimum Gasteiger partial charge on any atom is -0.316 e. The van der Waals surface area contributed by atoms with E-state index >= 15 is 0 Å². The van der Waals surface area contributed by atoms with E-state index in [1.165, 1.54) is 90.8 Å². The highest BCUT2D eigenvalue weighted by atomic mass is 15.2. The Hall–Kier alpha value is -0.120. The molecule has 0 bridgehead atoms. The number of nitrogens with one attached hydrogen (secondary N) is 1. The van der Waals surface area contributed by atoms with Crippen LogP contribution in [0.1, 0.15) is 44.9 Å². The summed E-state index contributed by atoms with van der Waals surface area (Å²) in [4.78, 5) is 5.05. The second-order valence-corrected chi connectivity index (χ2v) is 6.56. The van der Waals surface area contributed by atoms with Crippen molar-refractivity contribution in [2.75, 3.05) is 52.9 Å². The summed E-state index contributed by atoms with van der Waals surface area (Å²) in [5.41, 5.74) is 0. The minimum atomic E-state index is 0.964. The van der Waals surface area contributed by atoms with E-state index in [9.17, 15) is 0 Å². The fraction of sp³-hybridized carbons (Fsp3) is 1.00. The van der Waals surface area contributed by atoms with Crippen molar-refractivity contribution >= 4 is 0 Å². The van der Waals surface area contributed by atoms with Crippen molar-refractivity contribution in [3.8, 4) is 0 Å². The molecule has 3 heteroatoms. The summed E-state index contributed by atoms with van der Waals surface area (Å²) in [5, 5.41) is 3.69. The lowest BCUT2D eigenvalue weighted by molar-refractivity contribution is 0.152. The van der Waals surface area contributed by atoms with Crippen LogP contribution in [0.2, 0.25) is 0 Å². The zero-order valence-electron chi connectivity index (χ0n) is 12.9. The first-order valence-electron chi connectivity index (χ1n) is 8.46. The van der Waals surface area contributed by atoms with Crippen molar-refractivity contribution in [1.29, 1.82) is 0 Å². The first-order valence-corrected chi connectivity index (χ1v) is 8.46. The van der Waals surface area contributed by atoms with Crippen LogP contribution in [0, 0.1) is 5.92 Å². The molecule has 0 atom stereocenters. The molecule has 1 aliphatic carbocycles. The average Bonchev–Trinajstić information content (AvgIpc) is 2.69. The van der Waals surface area contributed by atoms with Gasteiger partial charge in [0, 0.05) is 26.2 Å². The van der Waals surface area contributed by atoms with Crippen LogP contribution in [-0.2, 0) is 0 Å². The molecule has 1 aliphatic heterocycles. The number of likely N-dealkylation sites (N-methyl/N-ethyl adjacent to an activating group) is 1. The van der Waals surface area contributed by atoms with Gasteiger partial charge >= 0.3 is 0 Å². The molecule has 2 fully saturated rings. The molecular formula is C16H33N3. The Morgan fingerprint density at radius 2 is 1.63 bits per heavy atom. The fourth-order valence-electron chi connectivity index (χ4n) is 3.37. The van der Waals surface area contributed by atoms with E-state index in [1.807, 2.05) is 0 Å². The topological polar surface area (TPSA) is 18.5 Å². The molecule has 0 spiro atoms. The Labute approximate surface area is 119 Å². The van der Waals surface area contributed by atoms with E-state index in [2.05, 4.69) is 22.2 Å². The van der Waals surface area contributed by atoms with Gasteiger partial charge in [-0.2, -0.15) is 0 Å². The van der Waals surface area contributed by atoms with Crippen molar-refractivity contribution in [3.05, 3.63) is 0 Å². The molecule has 112 valence electrons. The van der Waals surface area contributed by atoms with Crippen LogP contribution in [0.3, 0.4) is 0 Å². The first kappa shape index (κ1) is 15.3. The number of rotatable bonds is 6. The van der Waals surface area contributed by atoms with Gasteiger partial charge in [0.15, 0.2) is 0 Å². The van der Waals surface area contributed by atoms with Crippen LogP contribution in [0.15, 0.2) is 0 Å². The SMILES string of the molecule is CN1CCN(CCCNCC2CCCCCC2)CC1. The second-order valence-electron chi connectivity index (χ2n) is 6.56. The maximum absolute atomic E-state index is 3.69. The highest BCUT2D eigenvalue weighted by Crippen LogP contribution is 2.21. The summed E-state index contributed by atoms with van der Waals surface area (Å²) < 4.78 is 0. The Bertz CT molecular complexity index is 216. The minimum absolute atomic E-state index is 0.964. The van der Waals surface area contributed by atoms with Crippen LogP contribution >= 0.6 is 0 Å². The maximum atomic E-state index is 3.69. The lowest BCUT2D eigenvalue weighted by atomic mass is 10.0. The molecule has 1 saturated heterocycles. The number of nitrogens with zero attached hydrogens (tertiary/aromatic N) is 2. The van der Waals surface area contributed by atoms with Crippen LogP contribution in [0.25, 0.3) is 0 Å². The molecule has 1 N–H and O–H groups in total. The first-order chi connectivity index (χ1) is 9.34. The molecule has 2 rings (SSSR count). The third-order valence-corrected chi connectivity index (χ3v) is 4.83. The summed E-state index contributed by atoms with van der Waals surface area (Å²) in [6.45, 7) is 8.78. The smallest absolute Gasteiger partial charge is 0.0110 e. The van der Waals surface area contributed by atoms with Crippen LogP contribution in [0.4, 0.5) is 0 Å². The van der Waals surface area contributed by atoms with E-state index in [0.29, 0.717) is 0 Å². The summed E-state index contributed by atoms with van der Waals surface area (Å²) in [6, 6.07) is 0. The summed E-state index contributed by atoms with van der Waals surface area (Å²) >= 11 is 0. The van der Waals surface area contributed by atoms with Crippen molar-refractivity contribution in [2.24, 2.45) is 5.92 Å². The van der Waals surface area contributed by atoms with E-state index in [4.69, 9.17) is 0 Å². The van der Waals surface area contributed by atoms with Gasteiger partial charge in [0.2, 0.25) is 0 Å². The molecule has 1 heterocycles. The molecule has 0 aromatic carbocycles. The predicted molar refractivity (Wildman–Crippen MR) is 82.6 cm³/mol. The van der Waals surface area contributed by atoms with Gasteiger partial charge in [0.1, 0.15) is 0 Å². The van der Waals surface area contributed by atoms with E-state index < -0.39 is 0 Å². The zero-order chi connectivity index (χ0) is 13.3. The van der Waals surface area contributed by atoms with E-state index in [-0.39, 0.29) is 0 Å². The molecule has 19 heavy (non-hydrogen) atoms. The van der Waals surface area contributed by atoms with Crippen LogP contribution < -0.4 is 5.32 Å². The number of piperazine rings is 1. The molecule has 1 saturated carbocycles. The average molecular weight is 267 g/mol. The van der Waals surface area contributed by atoms with Gasteiger partial charge in [-0.3, -0.25) is 0 Å². The van der Waals surface area contributed by atoms with Gasteiger partial charge in [-0.15, -0.1) is 0 Å². The highest BCUT2D eigenvalue weighted by molar-refractivity contribution is 4.70. The molecule has 0 unspecified atom stereocenters. The quantitative estimate of drug-likeness (QED) is 0.588. The number of hydrogen-bond donors (Lipinski definition) is 1. The molecule has 0 aromatic heterocycles. The highest BCUT2D eigenvalue weighted by Gasteiger charge is 2.13. The maximum Gasteiger partial charge on any atom is 0.0110 e. The van der Waals surface area contributed by atoms with Gasteiger partial charge in [-0.25, -0.2) is 0 Å². The Morgan fingerprint density at radius 3 is 2.32 bits per heavy atom. The molecule has 3 nitrogen and oxygen atoms in total. The normalized spacial score (nSPS) is 24.5. The summed E-state index contributed by atoms with van der Waals surface area (Å²) in [5.74, 6) is 0.964. The molecule has 0 amide bonds. The Morgan fingerprint density at radius 1 is 0.947 bits per heavy atom. The van der Waals surface area contributed by atoms with E-state index in [1.54, 1.807) is 0 Å². The predicted octanol–water partition coefficient (Wildman–Crippen LogP) is 2.18. The molecule has 0 radical (unpaired) electrons. The van der Waals surface area contributed by atoms with Gasteiger partial charge in [-0.05, 0) is 51.9 Å². The third-order valence-electron chi connectivity index (χ3n) is 4.83. The fourth-order valence-corrected chi connectivity index (χ4v) is 3.37. The number of hydrogen-bond acceptors (Lipinski definition) is 3. The van der Waals surface area contributed by atoms with E-state index in [0.717, 1.165) is 5.92 Å². The van der Waals surface area contributed by atoms with Crippen molar-refractivity contribution in [1.82, 2.24) is 15.1 Å². The summed E-state index contributed by atoms with van der Waals surface area (Å²) in [7, 11) is 2.23. The monoisotopic (exact) mass is 267 g/mol. The van der Waals surface area contributed by atoms with Crippen molar-refractivity contribution in [3.63, 3.8) is 0 Å². The van der Waals surface area contributed by atoms with Crippen LogP contribution in [-0.4, -0.2) is 62.7 Å². The molecular weight excluding hydrogens is 234 g/mol. The van der Waals surface area contributed by atoms with Crippen molar-refractivity contribution in [2.45, 2.75) is 44.9 Å². The van der Waals surface area contributed by atoms with Gasteiger partial charge in [0.05, 0.1) is 0 Å². The third kappa shape index (κ3) is 6.24. The molecule has 0 aromatic rings. The second kappa shape index (κ2) is 8.93.